The van der Waals surface area contributed by atoms with Crippen molar-refractivity contribution >= 4 is 0 Å². The van der Waals surface area contributed by atoms with E-state index in [1.54, 1.807) is 0 Å². The molecule has 1 rings (SSSR count). The lowest BCUT2D eigenvalue weighted by molar-refractivity contribution is -0.0451. The second-order valence-corrected chi connectivity index (χ2v) is 5.30. The van der Waals surface area contributed by atoms with Crippen molar-refractivity contribution in [2.24, 2.45) is 5.92 Å². The highest BCUT2D eigenvalue weighted by Crippen LogP contribution is 2.26. The fourth-order valence-electron chi connectivity index (χ4n) is 2.41. The van der Waals surface area contributed by atoms with Gasteiger partial charge in [0.25, 0.3) is 0 Å². The molecule has 0 aliphatic heterocycles. The van der Waals surface area contributed by atoms with E-state index in [0.29, 0.717) is 25.2 Å². The average Bonchev–Trinajstić information content (AvgIpc) is 2.37. The van der Waals surface area contributed by atoms with Crippen LogP contribution in [0.5, 0.6) is 0 Å². The molecule has 104 valence electrons. The zero-order chi connectivity index (χ0) is 13.2. The molecule has 3 unspecified atom stereocenters. The average molecular weight is 253 g/mol. The van der Waals surface area contributed by atoms with Crippen LogP contribution in [0.2, 0.25) is 0 Å². The number of ether oxygens (including phenoxy) is 1. The number of terminal acetylenes is 1. The van der Waals surface area contributed by atoms with Crippen LogP contribution in [0.1, 0.15) is 45.4 Å². The first kappa shape index (κ1) is 15.5. The van der Waals surface area contributed by atoms with Gasteiger partial charge in [-0.1, -0.05) is 19.8 Å². The summed E-state index contributed by atoms with van der Waals surface area (Å²) in [5, 5.41) is 13.0. The van der Waals surface area contributed by atoms with E-state index in [-0.39, 0.29) is 0 Å². The molecule has 1 aliphatic carbocycles. The quantitative estimate of drug-likeness (QED) is 0.513. The number of aliphatic hydroxyl groups excluding tert-OH is 1. The molecule has 0 spiro atoms. The lowest BCUT2D eigenvalue weighted by Gasteiger charge is -2.29. The lowest BCUT2D eigenvalue weighted by atomic mass is 9.88. The molecule has 0 bridgehead atoms. The van der Waals surface area contributed by atoms with Crippen LogP contribution in [-0.4, -0.2) is 37.0 Å². The SMILES string of the molecule is C#CCCCNCC(O)COC1CCCCC1C. The number of unbranched alkanes of at least 4 members (excludes halogenated alkanes) is 1. The van der Waals surface area contributed by atoms with Gasteiger partial charge >= 0.3 is 0 Å². The predicted octanol–water partition coefficient (Wildman–Crippen LogP) is 1.95. The summed E-state index contributed by atoms with van der Waals surface area (Å²) < 4.78 is 5.81. The molecule has 0 heterocycles. The third-order valence-electron chi connectivity index (χ3n) is 3.59. The molecule has 0 aromatic heterocycles. The van der Waals surface area contributed by atoms with Crippen molar-refractivity contribution in [2.45, 2.75) is 57.7 Å². The van der Waals surface area contributed by atoms with Gasteiger partial charge in [0.1, 0.15) is 0 Å². The van der Waals surface area contributed by atoms with E-state index in [9.17, 15) is 5.11 Å². The Labute approximate surface area is 111 Å². The van der Waals surface area contributed by atoms with E-state index in [4.69, 9.17) is 11.2 Å². The molecular formula is C15H27NO2. The third kappa shape index (κ3) is 6.39. The summed E-state index contributed by atoms with van der Waals surface area (Å²) in [4.78, 5) is 0. The van der Waals surface area contributed by atoms with Gasteiger partial charge in [-0.15, -0.1) is 12.3 Å². The lowest BCUT2D eigenvalue weighted by Crippen LogP contribution is -2.34. The fraction of sp³-hybridized carbons (Fsp3) is 0.867. The van der Waals surface area contributed by atoms with Crippen LogP contribution in [0.25, 0.3) is 0 Å². The van der Waals surface area contributed by atoms with Crippen molar-refractivity contribution in [3.8, 4) is 12.3 Å². The van der Waals surface area contributed by atoms with Crippen LogP contribution in [-0.2, 0) is 4.74 Å². The third-order valence-corrected chi connectivity index (χ3v) is 3.59. The summed E-state index contributed by atoms with van der Waals surface area (Å²) in [5.74, 6) is 3.24. The standard InChI is InChI=1S/C15H27NO2/c1-3-4-7-10-16-11-14(17)12-18-15-9-6-5-8-13(15)2/h1,13-17H,4-12H2,2H3. The molecule has 3 heteroatoms. The topological polar surface area (TPSA) is 41.5 Å². The number of hydrogen-bond donors (Lipinski definition) is 2. The van der Waals surface area contributed by atoms with E-state index in [0.717, 1.165) is 25.8 Å². The van der Waals surface area contributed by atoms with E-state index in [2.05, 4.69) is 18.2 Å². The highest BCUT2D eigenvalue weighted by molar-refractivity contribution is 4.83. The van der Waals surface area contributed by atoms with Gasteiger partial charge in [-0.25, -0.2) is 0 Å². The number of nitrogens with one attached hydrogen (secondary N) is 1. The van der Waals surface area contributed by atoms with Crippen molar-refractivity contribution in [3.05, 3.63) is 0 Å². The van der Waals surface area contributed by atoms with Gasteiger partial charge in [-0.05, 0) is 31.7 Å². The molecule has 0 amide bonds. The van der Waals surface area contributed by atoms with Crippen molar-refractivity contribution in [1.82, 2.24) is 5.32 Å². The second-order valence-electron chi connectivity index (χ2n) is 5.30. The summed E-state index contributed by atoms with van der Waals surface area (Å²) in [6, 6.07) is 0. The Bertz CT molecular complexity index is 249. The van der Waals surface area contributed by atoms with Crippen LogP contribution in [0.3, 0.4) is 0 Å². The summed E-state index contributed by atoms with van der Waals surface area (Å²) in [7, 11) is 0. The van der Waals surface area contributed by atoms with E-state index in [1.165, 1.54) is 19.3 Å². The monoisotopic (exact) mass is 253 g/mol. The maximum absolute atomic E-state index is 9.79. The molecular weight excluding hydrogens is 226 g/mol. The smallest absolute Gasteiger partial charge is 0.0897 e. The summed E-state index contributed by atoms with van der Waals surface area (Å²) in [6.07, 6.45) is 11.8. The minimum atomic E-state index is -0.412. The minimum Gasteiger partial charge on any atom is -0.389 e. The van der Waals surface area contributed by atoms with Gasteiger partial charge in [-0.3, -0.25) is 0 Å². The Morgan fingerprint density at radius 2 is 2.22 bits per heavy atom. The molecule has 0 aromatic carbocycles. The Morgan fingerprint density at radius 1 is 1.44 bits per heavy atom. The van der Waals surface area contributed by atoms with E-state index < -0.39 is 6.10 Å². The first-order valence-electron chi connectivity index (χ1n) is 7.18. The molecule has 1 aliphatic rings. The number of hydrogen-bond acceptors (Lipinski definition) is 3. The number of aliphatic hydroxyl groups is 1. The molecule has 18 heavy (non-hydrogen) atoms. The Morgan fingerprint density at radius 3 is 2.94 bits per heavy atom. The molecule has 3 atom stereocenters. The minimum absolute atomic E-state index is 0.342. The predicted molar refractivity (Wildman–Crippen MR) is 74.3 cm³/mol. The molecule has 1 fully saturated rings. The zero-order valence-electron chi connectivity index (χ0n) is 11.5. The van der Waals surface area contributed by atoms with Crippen molar-refractivity contribution in [1.29, 1.82) is 0 Å². The molecule has 0 radical (unpaired) electrons. The van der Waals surface area contributed by atoms with Crippen LogP contribution >= 0.6 is 0 Å². The largest absolute Gasteiger partial charge is 0.389 e. The maximum atomic E-state index is 9.79. The second kappa shape index (κ2) is 9.38. The van der Waals surface area contributed by atoms with Crippen LogP contribution in [0.15, 0.2) is 0 Å². The van der Waals surface area contributed by atoms with Gasteiger partial charge < -0.3 is 15.2 Å². The van der Waals surface area contributed by atoms with Crippen molar-refractivity contribution in [3.63, 3.8) is 0 Å². The highest BCUT2D eigenvalue weighted by Gasteiger charge is 2.22. The van der Waals surface area contributed by atoms with Crippen LogP contribution < -0.4 is 5.32 Å². The molecule has 0 saturated heterocycles. The van der Waals surface area contributed by atoms with Crippen molar-refractivity contribution in [2.75, 3.05) is 19.7 Å². The number of rotatable bonds is 8. The van der Waals surface area contributed by atoms with Gasteiger partial charge in [0.05, 0.1) is 18.8 Å². The van der Waals surface area contributed by atoms with Crippen molar-refractivity contribution < 1.29 is 9.84 Å². The first-order valence-corrected chi connectivity index (χ1v) is 7.18. The van der Waals surface area contributed by atoms with Gasteiger partial charge in [-0.2, -0.15) is 0 Å². The maximum Gasteiger partial charge on any atom is 0.0897 e. The van der Waals surface area contributed by atoms with E-state index in [1.807, 2.05) is 0 Å². The normalized spacial score (nSPS) is 25.6. The van der Waals surface area contributed by atoms with Gasteiger partial charge in [0.2, 0.25) is 0 Å². The molecule has 1 saturated carbocycles. The van der Waals surface area contributed by atoms with Gasteiger partial charge in [0.15, 0.2) is 0 Å². The fourth-order valence-corrected chi connectivity index (χ4v) is 2.41. The van der Waals surface area contributed by atoms with Gasteiger partial charge in [0, 0.05) is 13.0 Å². The molecule has 3 nitrogen and oxygen atoms in total. The Hall–Kier alpha value is -0.560. The molecule has 2 N–H and O–H groups in total. The zero-order valence-corrected chi connectivity index (χ0v) is 11.5. The summed E-state index contributed by atoms with van der Waals surface area (Å²) >= 11 is 0. The highest BCUT2D eigenvalue weighted by atomic mass is 16.5. The Balaban J connectivity index is 2.02. The Kier molecular flexibility index (Phi) is 8.08. The summed E-state index contributed by atoms with van der Waals surface area (Å²) in [5.41, 5.74) is 0. The summed E-state index contributed by atoms with van der Waals surface area (Å²) in [6.45, 7) is 4.14. The first-order chi connectivity index (χ1) is 8.74. The van der Waals surface area contributed by atoms with E-state index >= 15 is 0 Å². The van der Waals surface area contributed by atoms with Crippen LogP contribution in [0.4, 0.5) is 0 Å². The van der Waals surface area contributed by atoms with Crippen LogP contribution in [0, 0.1) is 18.3 Å². The molecule has 0 aromatic rings.